The first-order chi connectivity index (χ1) is 15.0. The molecule has 3 N–H and O–H groups in total. The number of benzene rings is 2. The highest BCUT2D eigenvalue weighted by Crippen LogP contribution is 2.29. The van der Waals surface area contributed by atoms with Gasteiger partial charge in [-0.1, -0.05) is 54.1 Å². The SMILES string of the molecule is Nc1cccc(-c2c(Cl)nc(NC3CCC3)c(=O)n2CC(=O)OCc2ccccc2)c1. The number of esters is 1. The van der Waals surface area contributed by atoms with Crippen LogP contribution in [0.4, 0.5) is 11.5 Å². The Morgan fingerprint density at radius 2 is 1.97 bits per heavy atom. The molecule has 8 heteroatoms. The van der Waals surface area contributed by atoms with Crippen molar-refractivity contribution in [3.63, 3.8) is 0 Å². The molecule has 2 aromatic carbocycles. The summed E-state index contributed by atoms with van der Waals surface area (Å²) in [7, 11) is 0. The van der Waals surface area contributed by atoms with Crippen LogP contribution in [-0.2, 0) is 22.7 Å². The zero-order valence-corrected chi connectivity index (χ0v) is 17.6. The predicted octanol–water partition coefficient (Wildman–Crippen LogP) is 3.85. The Kier molecular flexibility index (Phi) is 6.23. The Balaban J connectivity index is 1.66. The van der Waals surface area contributed by atoms with Crippen LogP contribution in [-0.4, -0.2) is 21.6 Å². The van der Waals surface area contributed by atoms with E-state index in [-0.39, 0.29) is 30.2 Å². The molecule has 0 spiro atoms. The molecule has 0 aliphatic heterocycles. The van der Waals surface area contributed by atoms with E-state index in [0.717, 1.165) is 24.8 Å². The smallest absolute Gasteiger partial charge is 0.326 e. The van der Waals surface area contributed by atoms with E-state index in [9.17, 15) is 9.59 Å². The highest BCUT2D eigenvalue weighted by molar-refractivity contribution is 6.32. The van der Waals surface area contributed by atoms with Crippen LogP contribution >= 0.6 is 11.6 Å². The van der Waals surface area contributed by atoms with Crippen LogP contribution in [0, 0.1) is 0 Å². The van der Waals surface area contributed by atoms with Crippen LogP contribution in [0.1, 0.15) is 24.8 Å². The van der Waals surface area contributed by atoms with Crippen LogP contribution in [0.5, 0.6) is 0 Å². The van der Waals surface area contributed by atoms with Gasteiger partial charge in [-0.3, -0.25) is 14.2 Å². The number of hydrogen-bond donors (Lipinski definition) is 2. The number of nitrogens with two attached hydrogens (primary N) is 1. The minimum atomic E-state index is -0.548. The minimum absolute atomic E-state index is 0.114. The summed E-state index contributed by atoms with van der Waals surface area (Å²) in [6, 6.07) is 16.5. The van der Waals surface area contributed by atoms with Gasteiger partial charge in [0.15, 0.2) is 11.0 Å². The number of anilines is 2. The fourth-order valence-corrected chi connectivity index (χ4v) is 3.70. The molecule has 1 fully saturated rings. The van der Waals surface area contributed by atoms with Gasteiger partial charge in [-0.2, -0.15) is 0 Å². The van der Waals surface area contributed by atoms with Crippen molar-refractivity contribution in [1.29, 1.82) is 0 Å². The summed E-state index contributed by atoms with van der Waals surface area (Å²) in [5.41, 5.74) is 7.79. The molecule has 0 saturated heterocycles. The summed E-state index contributed by atoms with van der Waals surface area (Å²) in [4.78, 5) is 30.1. The van der Waals surface area contributed by atoms with E-state index >= 15 is 0 Å². The lowest BCUT2D eigenvalue weighted by atomic mass is 9.93. The number of nitrogens with zero attached hydrogens (tertiary/aromatic N) is 2. The lowest BCUT2D eigenvalue weighted by Gasteiger charge is -2.27. The predicted molar refractivity (Wildman–Crippen MR) is 121 cm³/mol. The maximum absolute atomic E-state index is 13.2. The fraction of sp³-hybridized carbons (Fsp3) is 0.261. The second kappa shape index (κ2) is 9.22. The van der Waals surface area contributed by atoms with Gasteiger partial charge in [0, 0.05) is 17.3 Å². The molecule has 7 nitrogen and oxygen atoms in total. The van der Waals surface area contributed by atoms with Gasteiger partial charge in [-0.05, 0) is 37.0 Å². The monoisotopic (exact) mass is 438 g/mol. The lowest BCUT2D eigenvalue weighted by Crippen LogP contribution is -2.35. The zero-order valence-electron chi connectivity index (χ0n) is 16.9. The number of hydrogen-bond acceptors (Lipinski definition) is 6. The third-order valence-corrected chi connectivity index (χ3v) is 5.52. The minimum Gasteiger partial charge on any atom is -0.459 e. The largest absolute Gasteiger partial charge is 0.459 e. The Bertz CT molecular complexity index is 1140. The van der Waals surface area contributed by atoms with Gasteiger partial charge in [-0.15, -0.1) is 0 Å². The Morgan fingerprint density at radius 1 is 1.19 bits per heavy atom. The molecule has 31 heavy (non-hydrogen) atoms. The summed E-state index contributed by atoms with van der Waals surface area (Å²) in [6.45, 7) is -0.175. The van der Waals surface area contributed by atoms with Gasteiger partial charge in [0.05, 0.1) is 5.69 Å². The molecule has 160 valence electrons. The maximum Gasteiger partial charge on any atom is 0.326 e. The molecule has 4 rings (SSSR count). The van der Waals surface area contributed by atoms with Crippen LogP contribution in [0.3, 0.4) is 0 Å². The molecule has 0 radical (unpaired) electrons. The Labute approximate surface area is 184 Å². The number of carbonyl (C=O) groups excluding carboxylic acids is 1. The standard InChI is InChI=1S/C23H23ClN4O3/c24-21-20(16-8-4-9-17(25)12-16)28(23(30)22(27-21)26-18-10-5-11-18)13-19(29)31-14-15-6-2-1-3-7-15/h1-4,6-9,12,18H,5,10-11,13-14,25H2,(H,26,27). The van der Waals surface area contributed by atoms with E-state index < -0.39 is 11.5 Å². The van der Waals surface area contributed by atoms with Gasteiger partial charge < -0.3 is 15.8 Å². The number of nitrogens with one attached hydrogen (secondary N) is 1. The highest BCUT2D eigenvalue weighted by atomic mass is 35.5. The van der Waals surface area contributed by atoms with Crippen molar-refractivity contribution < 1.29 is 9.53 Å². The molecule has 1 aliphatic carbocycles. The molecule has 1 aliphatic rings. The molecule has 0 atom stereocenters. The number of nitrogen functional groups attached to an aromatic ring is 1. The van der Waals surface area contributed by atoms with E-state index in [1.807, 2.05) is 30.3 Å². The van der Waals surface area contributed by atoms with Crippen molar-refractivity contribution >= 4 is 29.1 Å². The van der Waals surface area contributed by atoms with Crippen molar-refractivity contribution in [3.05, 3.63) is 75.7 Å². The van der Waals surface area contributed by atoms with E-state index in [0.29, 0.717) is 16.9 Å². The molecule has 0 amide bonds. The molecule has 0 bridgehead atoms. The number of halogens is 1. The molecular formula is C23H23ClN4O3. The second-order valence-electron chi connectivity index (χ2n) is 7.54. The molecule has 0 unspecified atom stereocenters. The second-order valence-corrected chi connectivity index (χ2v) is 7.89. The van der Waals surface area contributed by atoms with Crippen molar-refractivity contribution in [3.8, 4) is 11.3 Å². The molecular weight excluding hydrogens is 416 g/mol. The highest BCUT2D eigenvalue weighted by Gasteiger charge is 2.23. The average molecular weight is 439 g/mol. The normalized spacial score (nSPS) is 13.5. The summed E-state index contributed by atoms with van der Waals surface area (Å²) < 4.78 is 6.69. The Morgan fingerprint density at radius 3 is 2.65 bits per heavy atom. The Hall–Kier alpha value is -3.32. The third-order valence-electron chi connectivity index (χ3n) is 5.26. The van der Waals surface area contributed by atoms with E-state index in [4.69, 9.17) is 22.1 Å². The van der Waals surface area contributed by atoms with Crippen molar-refractivity contribution in [2.45, 2.75) is 38.5 Å². The van der Waals surface area contributed by atoms with E-state index in [1.165, 1.54) is 4.57 Å². The van der Waals surface area contributed by atoms with Gasteiger partial charge >= 0.3 is 5.97 Å². The topological polar surface area (TPSA) is 99.2 Å². The zero-order chi connectivity index (χ0) is 21.8. The van der Waals surface area contributed by atoms with Crippen molar-refractivity contribution in [2.24, 2.45) is 0 Å². The maximum atomic E-state index is 13.2. The van der Waals surface area contributed by atoms with E-state index in [2.05, 4.69) is 10.3 Å². The van der Waals surface area contributed by atoms with Gasteiger partial charge in [0.25, 0.3) is 5.56 Å². The summed E-state index contributed by atoms with van der Waals surface area (Å²) >= 11 is 6.49. The van der Waals surface area contributed by atoms with Gasteiger partial charge in [0.1, 0.15) is 13.2 Å². The van der Waals surface area contributed by atoms with Crippen LogP contribution in [0.15, 0.2) is 59.4 Å². The van der Waals surface area contributed by atoms with Crippen LogP contribution in [0.25, 0.3) is 11.3 Å². The first-order valence-corrected chi connectivity index (χ1v) is 10.5. The van der Waals surface area contributed by atoms with Gasteiger partial charge in [0.2, 0.25) is 0 Å². The van der Waals surface area contributed by atoms with Crippen molar-refractivity contribution in [1.82, 2.24) is 9.55 Å². The summed E-state index contributed by atoms with van der Waals surface area (Å²) in [5.74, 6) is -0.411. The number of carbonyl (C=O) groups is 1. The number of aromatic nitrogens is 2. The molecule has 3 aromatic rings. The average Bonchev–Trinajstić information content (AvgIpc) is 2.73. The molecule has 1 saturated carbocycles. The lowest BCUT2D eigenvalue weighted by molar-refractivity contribution is -0.145. The third kappa shape index (κ3) is 4.88. The fourth-order valence-electron chi connectivity index (χ4n) is 3.40. The van der Waals surface area contributed by atoms with E-state index in [1.54, 1.807) is 24.3 Å². The number of rotatable bonds is 7. The van der Waals surface area contributed by atoms with Crippen LogP contribution < -0.4 is 16.6 Å². The first kappa shape index (κ1) is 20.9. The summed E-state index contributed by atoms with van der Waals surface area (Å²) in [5, 5.41) is 3.26. The number of ether oxygens (including phenoxy) is 1. The summed E-state index contributed by atoms with van der Waals surface area (Å²) in [6.07, 6.45) is 3.04. The quantitative estimate of drug-likeness (QED) is 0.429. The van der Waals surface area contributed by atoms with Crippen molar-refractivity contribution in [2.75, 3.05) is 11.1 Å². The van der Waals surface area contributed by atoms with Crippen LogP contribution in [0.2, 0.25) is 5.15 Å². The molecule has 1 heterocycles. The first-order valence-electron chi connectivity index (χ1n) is 10.1. The van der Waals surface area contributed by atoms with Gasteiger partial charge in [-0.25, -0.2) is 4.98 Å². The molecule has 1 aromatic heterocycles.